The molecule has 1 atom stereocenters. The van der Waals surface area contributed by atoms with Gasteiger partial charge in [-0.3, -0.25) is 0 Å². The maximum Gasteiger partial charge on any atom is 0.132 e. The third-order valence-electron chi connectivity index (χ3n) is 2.68. The van der Waals surface area contributed by atoms with Gasteiger partial charge in [-0.25, -0.2) is 9.97 Å². The molecule has 2 rings (SSSR count). The highest BCUT2D eigenvalue weighted by atomic mass is 15.1. The van der Waals surface area contributed by atoms with Gasteiger partial charge in [0.05, 0.1) is 0 Å². The van der Waals surface area contributed by atoms with Gasteiger partial charge >= 0.3 is 0 Å². The van der Waals surface area contributed by atoms with Crippen LogP contribution in [0, 0.1) is 6.92 Å². The first-order valence-electron chi connectivity index (χ1n) is 5.95. The van der Waals surface area contributed by atoms with Gasteiger partial charge in [0.1, 0.15) is 17.5 Å². The van der Waals surface area contributed by atoms with Gasteiger partial charge in [-0.15, -0.1) is 6.58 Å². The molecule has 1 fully saturated rings. The highest BCUT2D eigenvalue weighted by Crippen LogP contribution is 2.13. The van der Waals surface area contributed by atoms with Crippen LogP contribution in [0.15, 0.2) is 18.7 Å². The summed E-state index contributed by atoms with van der Waals surface area (Å²) in [5.41, 5.74) is 0. The number of nitrogens with one attached hydrogen (secondary N) is 3. The zero-order chi connectivity index (χ0) is 12.1. The lowest BCUT2D eigenvalue weighted by Crippen LogP contribution is -2.23. The second-order valence-electron chi connectivity index (χ2n) is 4.19. The first kappa shape index (κ1) is 11.9. The average Bonchev–Trinajstić information content (AvgIpc) is 2.78. The molecule has 92 valence electrons. The summed E-state index contributed by atoms with van der Waals surface area (Å²) in [4.78, 5) is 8.71. The Morgan fingerprint density at radius 2 is 2.35 bits per heavy atom. The Morgan fingerprint density at radius 1 is 1.53 bits per heavy atom. The molecule has 0 bridgehead atoms. The van der Waals surface area contributed by atoms with Crippen LogP contribution in [-0.4, -0.2) is 35.6 Å². The zero-order valence-corrected chi connectivity index (χ0v) is 10.2. The van der Waals surface area contributed by atoms with Gasteiger partial charge in [0.15, 0.2) is 0 Å². The van der Waals surface area contributed by atoms with E-state index in [1.807, 2.05) is 19.1 Å². The van der Waals surface area contributed by atoms with Gasteiger partial charge in [-0.1, -0.05) is 6.08 Å². The molecule has 1 aliphatic rings. The smallest absolute Gasteiger partial charge is 0.132 e. The number of anilines is 2. The van der Waals surface area contributed by atoms with Crippen molar-refractivity contribution in [3.8, 4) is 0 Å². The second-order valence-corrected chi connectivity index (χ2v) is 4.19. The largest absolute Gasteiger partial charge is 0.366 e. The van der Waals surface area contributed by atoms with E-state index in [-0.39, 0.29) is 0 Å². The van der Waals surface area contributed by atoms with E-state index in [1.54, 1.807) is 0 Å². The molecule has 1 aromatic rings. The molecule has 17 heavy (non-hydrogen) atoms. The summed E-state index contributed by atoms with van der Waals surface area (Å²) >= 11 is 0. The van der Waals surface area contributed by atoms with Crippen LogP contribution >= 0.6 is 0 Å². The quantitative estimate of drug-likeness (QED) is 0.666. The molecule has 5 nitrogen and oxygen atoms in total. The maximum absolute atomic E-state index is 4.39. The molecule has 0 radical (unpaired) electrons. The molecule has 5 heteroatoms. The van der Waals surface area contributed by atoms with Crippen LogP contribution in [-0.2, 0) is 0 Å². The summed E-state index contributed by atoms with van der Waals surface area (Å²) in [6, 6.07) is 2.41. The van der Waals surface area contributed by atoms with Gasteiger partial charge in [0, 0.05) is 25.2 Å². The Labute approximate surface area is 102 Å². The van der Waals surface area contributed by atoms with E-state index in [1.165, 1.54) is 0 Å². The number of nitrogens with zero attached hydrogens (tertiary/aromatic N) is 2. The highest BCUT2D eigenvalue weighted by Gasteiger charge is 2.14. The summed E-state index contributed by atoms with van der Waals surface area (Å²) in [5.74, 6) is 2.50. The van der Waals surface area contributed by atoms with Crippen molar-refractivity contribution in [3.63, 3.8) is 0 Å². The van der Waals surface area contributed by atoms with Crippen LogP contribution in [0.3, 0.4) is 0 Å². The summed E-state index contributed by atoms with van der Waals surface area (Å²) in [6.45, 7) is 8.35. The fourth-order valence-electron chi connectivity index (χ4n) is 1.90. The second kappa shape index (κ2) is 5.63. The minimum atomic E-state index is 0.469. The van der Waals surface area contributed by atoms with E-state index < -0.39 is 0 Å². The molecule has 1 saturated heterocycles. The Balaban J connectivity index is 2.04. The number of hydrogen-bond donors (Lipinski definition) is 3. The molecule has 1 unspecified atom stereocenters. The van der Waals surface area contributed by atoms with Gasteiger partial charge in [-0.2, -0.15) is 0 Å². The third-order valence-corrected chi connectivity index (χ3v) is 2.68. The van der Waals surface area contributed by atoms with Gasteiger partial charge < -0.3 is 16.0 Å². The van der Waals surface area contributed by atoms with E-state index in [0.29, 0.717) is 12.6 Å². The van der Waals surface area contributed by atoms with Crippen molar-refractivity contribution in [1.29, 1.82) is 0 Å². The SMILES string of the molecule is C=CCNc1cc(NC2CCNC2)nc(C)n1. The lowest BCUT2D eigenvalue weighted by molar-refractivity contribution is 0.785. The molecular weight excluding hydrogens is 214 g/mol. The molecule has 0 aliphatic carbocycles. The molecule has 2 heterocycles. The summed E-state index contributed by atoms with van der Waals surface area (Å²) < 4.78 is 0. The van der Waals surface area contributed by atoms with Crippen molar-refractivity contribution >= 4 is 11.6 Å². The van der Waals surface area contributed by atoms with Crippen LogP contribution in [0.25, 0.3) is 0 Å². The fraction of sp³-hybridized carbons (Fsp3) is 0.500. The topological polar surface area (TPSA) is 61.9 Å². The zero-order valence-electron chi connectivity index (χ0n) is 10.2. The van der Waals surface area contributed by atoms with E-state index in [0.717, 1.165) is 37.0 Å². The van der Waals surface area contributed by atoms with Crippen LogP contribution in [0.4, 0.5) is 11.6 Å². The highest BCUT2D eigenvalue weighted by molar-refractivity contribution is 5.48. The lowest BCUT2D eigenvalue weighted by atomic mass is 10.2. The number of hydrogen-bond acceptors (Lipinski definition) is 5. The fourth-order valence-corrected chi connectivity index (χ4v) is 1.90. The normalized spacial score (nSPS) is 19.0. The molecule has 3 N–H and O–H groups in total. The van der Waals surface area contributed by atoms with E-state index >= 15 is 0 Å². The van der Waals surface area contributed by atoms with Crippen LogP contribution in [0.1, 0.15) is 12.2 Å². The van der Waals surface area contributed by atoms with E-state index in [4.69, 9.17) is 0 Å². The predicted octanol–water partition coefficient (Wildman–Crippen LogP) is 1.16. The summed E-state index contributed by atoms with van der Waals surface area (Å²) in [7, 11) is 0. The minimum absolute atomic E-state index is 0.469. The molecule has 1 aromatic heterocycles. The van der Waals surface area contributed by atoms with Crippen molar-refractivity contribution in [2.75, 3.05) is 30.3 Å². The molecule has 0 aromatic carbocycles. The number of aromatic nitrogens is 2. The van der Waals surface area contributed by atoms with Crippen molar-refractivity contribution in [1.82, 2.24) is 15.3 Å². The molecule has 1 aliphatic heterocycles. The Hall–Kier alpha value is -1.62. The van der Waals surface area contributed by atoms with Crippen LogP contribution < -0.4 is 16.0 Å². The Kier molecular flexibility index (Phi) is 3.93. The van der Waals surface area contributed by atoms with Crippen molar-refractivity contribution in [3.05, 3.63) is 24.5 Å². The van der Waals surface area contributed by atoms with Gasteiger partial charge in [0.25, 0.3) is 0 Å². The van der Waals surface area contributed by atoms with Crippen LogP contribution in [0.5, 0.6) is 0 Å². The minimum Gasteiger partial charge on any atom is -0.366 e. The number of aryl methyl sites for hydroxylation is 1. The Bertz CT molecular complexity index is 384. The maximum atomic E-state index is 4.39. The summed E-state index contributed by atoms with van der Waals surface area (Å²) in [6.07, 6.45) is 2.95. The standard InChI is InChI=1S/C12H19N5/c1-3-5-14-11-7-12(16-9(2)15-11)17-10-4-6-13-8-10/h3,7,10,13H,1,4-6,8H2,2H3,(H2,14,15,16,17). The molecular formula is C12H19N5. The third kappa shape index (κ3) is 3.42. The van der Waals surface area contributed by atoms with Crippen LogP contribution in [0.2, 0.25) is 0 Å². The Morgan fingerprint density at radius 3 is 3.06 bits per heavy atom. The molecule has 0 saturated carbocycles. The van der Waals surface area contributed by atoms with Gasteiger partial charge in [-0.05, 0) is 19.9 Å². The first-order chi connectivity index (χ1) is 8.28. The van der Waals surface area contributed by atoms with Crippen molar-refractivity contribution in [2.24, 2.45) is 0 Å². The predicted molar refractivity (Wildman–Crippen MR) is 70.4 cm³/mol. The monoisotopic (exact) mass is 233 g/mol. The van der Waals surface area contributed by atoms with Gasteiger partial charge in [0.2, 0.25) is 0 Å². The average molecular weight is 233 g/mol. The molecule has 0 amide bonds. The van der Waals surface area contributed by atoms with E-state index in [2.05, 4.69) is 32.5 Å². The van der Waals surface area contributed by atoms with Crippen molar-refractivity contribution in [2.45, 2.75) is 19.4 Å². The number of rotatable bonds is 5. The van der Waals surface area contributed by atoms with Crippen molar-refractivity contribution < 1.29 is 0 Å². The first-order valence-corrected chi connectivity index (χ1v) is 5.95. The summed E-state index contributed by atoms with van der Waals surface area (Å²) in [5, 5.41) is 9.92. The lowest BCUT2D eigenvalue weighted by Gasteiger charge is -2.13. The molecule has 0 spiro atoms. The van der Waals surface area contributed by atoms with E-state index in [9.17, 15) is 0 Å².